The molecule has 0 bridgehead atoms. The van der Waals surface area contributed by atoms with E-state index in [1.165, 1.54) is 0 Å². The minimum Gasteiger partial charge on any atom is -0.444 e. The van der Waals surface area contributed by atoms with Crippen LogP contribution in [0.25, 0.3) is 0 Å². The Labute approximate surface area is 98.1 Å². The van der Waals surface area contributed by atoms with Crippen LogP contribution in [0.15, 0.2) is 0 Å². The molecule has 1 atom stereocenters. The number of aliphatic hydroxyl groups excluding tert-OH is 1. The zero-order valence-corrected chi connectivity index (χ0v) is 10.5. The topological polar surface area (TPSA) is 58.6 Å². The molecule has 0 aromatic heterocycles. The van der Waals surface area contributed by atoms with Crippen molar-refractivity contribution in [3.8, 4) is 0 Å². The van der Waals surface area contributed by atoms with Crippen molar-refractivity contribution in [2.24, 2.45) is 0 Å². The average Bonchev–Trinajstić information content (AvgIpc) is 1.95. The maximum absolute atomic E-state index is 12.3. The molecule has 0 aromatic carbocycles. The number of carbonyl (C=O) groups excluding carboxylic acids is 1. The number of carbonyl (C=O) groups is 1. The molecule has 0 fully saturated rings. The molecule has 0 aromatic rings. The molecule has 7 heteroatoms. The molecule has 0 radical (unpaired) electrons. The summed E-state index contributed by atoms with van der Waals surface area (Å²) in [5.41, 5.74) is -2.68. The van der Waals surface area contributed by atoms with Crippen molar-refractivity contribution in [1.29, 1.82) is 0 Å². The monoisotopic (exact) mass is 257 g/mol. The van der Waals surface area contributed by atoms with Crippen molar-refractivity contribution >= 4 is 6.09 Å². The summed E-state index contributed by atoms with van der Waals surface area (Å²) in [6.45, 7) is 6.88. The lowest BCUT2D eigenvalue weighted by Gasteiger charge is -2.33. The predicted octanol–water partition coefficient (Wildman–Crippen LogP) is 2.21. The van der Waals surface area contributed by atoms with Crippen LogP contribution in [0.2, 0.25) is 0 Å². The summed E-state index contributed by atoms with van der Waals surface area (Å²) in [4.78, 5) is 11.3. The van der Waals surface area contributed by atoms with E-state index in [9.17, 15) is 18.0 Å². The molecular formula is C10H18F3NO3. The predicted molar refractivity (Wildman–Crippen MR) is 55.5 cm³/mol. The highest BCUT2D eigenvalue weighted by atomic mass is 19.4. The first kappa shape index (κ1) is 16.0. The lowest BCUT2D eigenvalue weighted by molar-refractivity contribution is -0.222. The largest absolute Gasteiger partial charge is 0.444 e. The van der Waals surface area contributed by atoms with E-state index in [1.807, 2.05) is 5.32 Å². The van der Waals surface area contributed by atoms with Gasteiger partial charge >= 0.3 is 12.3 Å². The third-order valence-electron chi connectivity index (χ3n) is 1.82. The van der Waals surface area contributed by atoms with Crippen molar-refractivity contribution in [1.82, 2.24) is 5.32 Å². The second kappa shape index (κ2) is 4.72. The van der Waals surface area contributed by atoms with E-state index in [0.717, 1.165) is 13.8 Å². The van der Waals surface area contributed by atoms with Crippen molar-refractivity contribution < 1.29 is 27.8 Å². The summed E-state index contributed by atoms with van der Waals surface area (Å²) in [6.07, 6.45) is -8.48. The number of halogens is 3. The van der Waals surface area contributed by atoms with Crippen molar-refractivity contribution in [2.75, 3.05) is 0 Å². The summed E-state index contributed by atoms with van der Waals surface area (Å²) >= 11 is 0. The Kier molecular flexibility index (Phi) is 4.44. The molecular weight excluding hydrogens is 239 g/mol. The fraction of sp³-hybridized carbons (Fsp3) is 0.900. The Hall–Kier alpha value is -0.980. The highest BCUT2D eigenvalue weighted by Crippen LogP contribution is 2.28. The van der Waals surface area contributed by atoms with E-state index in [2.05, 4.69) is 0 Å². The first-order chi connectivity index (χ1) is 7.26. The molecule has 0 aliphatic carbocycles. The van der Waals surface area contributed by atoms with Gasteiger partial charge in [0.25, 0.3) is 0 Å². The van der Waals surface area contributed by atoms with E-state index < -0.39 is 29.5 Å². The van der Waals surface area contributed by atoms with Crippen LogP contribution < -0.4 is 5.32 Å². The Morgan fingerprint density at radius 3 is 1.88 bits per heavy atom. The van der Waals surface area contributed by atoms with Gasteiger partial charge < -0.3 is 15.2 Å². The number of hydrogen-bond donors (Lipinski definition) is 2. The van der Waals surface area contributed by atoms with E-state index in [0.29, 0.717) is 0 Å². The zero-order chi connectivity index (χ0) is 14.1. The lowest BCUT2D eigenvalue weighted by Crippen LogP contribution is -2.58. The fourth-order valence-electron chi connectivity index (χ4n) is 1.04. The maximum atomic E-state index is 12.3. The summed E-state index contributed by atoms with van der Waals surface area (Å²) in [6, 6.07) is 0. The average molecular weight is 257 g/mol. The van der Waals surface area contributed by atoms with E-state index >= 15 is 0 Å². The summed E-state index contributed by atoms with van der Waals surface area (Å²) in [7, 11) is 0. The number of aliphatic hydroxyl groups is 1. The fourth-order valence-corrected chi connectivity index (χ4v) is 1.04. The summed E-state index contributed by atoms with van der Waals surface area (Å²) in [5.74, 6) is 0. The van der Waals surface area contributed by atoms with Crippen LogP contribution in [0.1, 0.15) is 34.6 Å². The molecule has 0 heterocycles. The first-order valence-corrected chi connectivity index (χ1v) is 5.01. The van der Waals surface area contributed by atoms with Gasteiger partial charge in [0.15, 0.2) is 6.10 Å². The highest BCUT2D eigenvalue weighted by molar-refractivity contribution is 5.68. The number of ether oxygens (including phenoxy) is 1. The van der Waals surface area contributed by atoms with Crippen LogP contribution in [0.4, 0.5) is 18.0 Å². The molecule has 0 spiro atoms. The van der Waals surface area contributed by atoms with Gasteiger partial charge in [-0.05, 0) is 34.6 Å². The SMILES string of the molecule is CC(C)(C)OC(=O)NC(C)(C)C(O)C(F)(F)F. The van der Waals surface area contributed by atoms with Gasteiger partial charge in [0.1, 0.15) is 5.60 Å². The minimum atomic E-state index is -4.81. The number of alkyl halides is 3. The van der Waals surface area contributed by atoms with Crippen LogP contribution in [0.5, 0.6) is 0 Å². The second-order valence-electron chi connectivity index (χ2n) is 5.29. The van der Waals surface area contributed by atoms with Gasteiger partial charge in [0.05, 0.1) is 5.54 Å². The Morgan fingerprint density at radius 1 is 1.18 bits per heavy atom. The standard InChI is InChI=1S/C10H18F3NO3/c1-8(2,3)17-7(16)14-9(4,5)6(15)10(11,12)13/h6,15H,1-5H3,(H,14,16). The summed E-state index contributed by atoms with van der Waals surface area (Å²) in [5, 5.41) is 11.1. The third-order valence-corrected chi connectivity index (χ3v) is 1.82. The number of hydrogen-bond acceptors (Lipinski definition) is 3. The van der Waals surface area contributed by atoms with Crippen LogP contribution in [0.3, 0.4) is 0 Å². The highest BCUT2D eigenvalue weighted by Gasteiger charge is 2.49. The minimum absolute atomic E-state index is 0.816. The Balaban J connectivity index is 4.61. The molecule has 4 nitrogen and oxygen atoms in total. The van der Waals surface area contributed by atoms with Gasteiger partial charge in [-0.1, -0.05) is 0 Å². The molecule has 17 heavy (non-hydrogen) atoms. The van der Waals surface area contributed by atoms with Gasteiger partial charge in [-0.15, -0.1) is 0 Å². The van der Waals surface area contributed by atoms with Crippen LogP contribution in [-0.4, -0.2) is 34.6 Å². The third kappa shape index (κ3) is 5.76. The molecule has 0 aliphatic heterocycles. The Morgan fingerprint density at radius 2 is 1.59 bits per heavy atom. The lowest BCUT2D eigenvalue weighted by atomic mass is 9.97. The molecule has 102 valence electrons. The smallest absolute Gasteiger partial charge is 0.416 e. The van der Waals surface area contributed by atoms with Crippen LogP contribution in [-0.2, 0) is 4.74 Å². The molecule has 1 amide bonds. The molecule has 0 aliphatic rings. The van der Waals surface area contributed by atoms with Gasteiger partial charge in [0.2, 0.25) is 0 Å². The van der Waals surface area contributed by atoms with Gasteiger partial charge in [-0.2, -0.15) is 13.2 Å². The van der Waals surface area contributed by atoms with Crippen molar-refractivity contribution in [3.05, 3.63) is 0 Å². The van der Waals surface area contributed by atoms with E-state index in [4.69, 9.17) is 9.84 Å². The number of alkyl carbamates (subject to hydrolysis) is 1. The molecule has 0 rings (SSSR count). The van der Waals surface area contributed by atoms with Crippen molar-refractivity contribution in [3.63, 3.8) is 0 Å². The van der Waals surface area contributed by atoms with Crippen LogP contribution >= 0.6 is 0 Å². The Bertz CT molecular complexity index is 282. The second-order valence-corrected chi connectivity index (χ2v) is 5.29. The maximum Gasteiger partial charge on any atom is 0.416 e. The molecule has 2 N–H and O–H groups in total. The van der Waals surface area contributed by atoms with Gasteiger partial charge in [-0.25, -0.2) is 4.79 Å². The molecule has 1 unspecified atom stereocenters. The number of amides is 1. The molecule has 0 saturated carbocycles. The van der Waals surface area contributed by atoms with Crippen LogP contribution in [0, 0.1) is 0 Å². The van der Waals surface area contributed by atoms with E-state index in [-0.39, 0.29) is 0 Å². The number of rotatable bonds is 2. The van der Waals surface area contributed by atoms with E-state index in [1.54, 1.807) is 20.8 Å². The van der Waals surface area contributed by atoms with Gasteiger partial charge in [-0.3, -0.25) is 0 Å². The molecule has 0 saturated heterocycles. The van der Waals surface area contributed by atoms with Gasteiger partial charge in [0, 0.05) is 0 Å². The zero-order valence-electron chi connectivity index (χ0n) is 10.5. The summed E-state index contributed by atoms with van der Waals surface area (Å²) < 4.78 is 41.7. The number of nitrogens with one attached hydrogen (secondary N) is 1. The van der Waals surface area contributed by atoms with Crippen molar-refractivity contribution in [2.45, 2.75) is 58.0 Å². The quantitative estimate of drug-likeness (QED) is 0.797. The normalized spacial score (nSPS) is 15.4. The first-order valence-electron chi connectivity index (χ1n) is 5.01.